The first kappa shape index (κ1) is 33.0. The van der Waals surface area contributed by atoms with Crippen molar-refractivity contribution in [1.82, 2.24) is 24.8 Å². The Morgan fingerprint density at radius 3 is 2.48 bits per heavy atom. The van der Waals surface area contributed by atoms with E-state index in [1.54, 1.807) is 24.2 Å². The topological polar surface area (TPSA) is 185 Å². The molecule has 3 N–H and O–H groups in total. The second kappa shape index (κ2) is 13.9. The Balaban J connectivity index is 1.49. The van der Waals surface area contributed by atoms with E-state index in [0.29, 0.717) is 23.2 Å². The first-order chi connectivity index (χ1) is 21.9. The molecule has 0 bridgehead atoms. The molecular formula is C29H31BrClN9O6. The van der Waals surface area contributed by atoms with E-state index in [1.165, 1.54) is 35.6 Å². The lowest BCUT2D eigenvalue weighted by atomic mass is 10.1. The Hall–Kier alpha value is -4.41. The Morgan fingerprint density at radius 2 is 1.80 bits per heavy atom. The van der Waals surface area contributed by atoms with Crippen LogP contribution in [0.15, 0.2) is 47.5 Å². The molecule has 0 unspecified atom stereocenters. The van der Waals surface area contributed by atoms with E-state index in [4.69, 9.17) is 16.3 Å². The maximum Gasteiger partial charge on any atom is 0.294 e. The molecule has 2 saturated heterocycles. The summed E-state index contributed by atoms with van der Waals surface area (Å²) in [5.74, 6) is -1.31. The van der Waals surface area contributed by atoms with Gasteiger partial charge in [-0.25, -0.2) is 9.97 Å². The number of carbonyl (C=O) groups is 3. The van der Waals surface area contributed by atoms with Crippen LogP contribution in [0.25, 0.3) is 0 Å². The van der Waals surface area contributed by atoms with E-state index < -0.39 is 34.7 Å². The third-order valence-electron chi connectivity index (χ3n) is 7.59. The van der Waals surface area contributed by atoms with Crippen molar-refractivity contribution in [2.75, 3.05) is 42.6 Å². The van der Waals surface area contributed by atoms with Gasteiger partial charge < -0.3 is 30.5 Å². The van der Waals surface area contributed by atoms with Crippen molar-refractivity contribution >= 4 is 68.1 Å². The molecule has 3 aromatic rings. The Labute approximate surface area is 277 Å². The summed E-state index contributed by atoms with van der Waals surface area (Å²) in [5, 5.41) is 21.1. The zero-order valence-electron chi connectivity index (χ0n) is 25.1. The van der Waals surface area contributed by atoms with E-state index in [-0.39, 0.29) is 58.6 Å². The molecule has 17 heteroatoms. The summed E-state index contributed by atoms with van der Waals surface area (Å²) in [5.41, 5.74) is 0.562. The number of nitrogens with zero attached hydrogens (tertiary/aromatic N) is 6. The highest BCUT2D eigenvalue weighted by molar-refractivity contribution is 9.10. The van der Waals surface area contributed by atoms with Crippen LogP contribution in [-0.2, 0) is 9.53 Å². The second-order valence-corrected chi connectivity index (χ2v) is 12.4. The molecule has 0 aliphatic carbocycles. The van der Waals surface area contributed by atoms with Gasteiger partial charge in [0.1, 0.15) is 29.0 Å². The zero-order valence-corrected chi connectivity index (χ0v) is 27.4. The number of rotatable bonds is 8. The standard InChI is InChI=1S/C29H31BrClN9O6/c1-15-11-38(12-16(2)46-15)29(43)21-5-18(30)6-22(40(44)45)26(21)36-20-7-23(27(41)37-25-8-24(31)34-14-35-25)39(13-20)28(42)17-4-19(32-3)10-33-9-17/h4-6,8-10,14-16,20,23,32,36H,7,11-13H2,1-3H3,(H,34,35,37,41)/t15-,16+,20-,23+/m1/s1. The molecule has 242 valence electrons. The molecule has 0 radical (unpaired) electrons. The lowest BCUT2D eigenvalue weighted by Crippen LogP contribution is -2.48. The van der Waals surface area contributed by atoms with Gasteiger partial charge in [-0.2, -0.15) is 0 Å². The highest BCUT2D eigenvalue weighted by Crippen LogP contribution is 2.36. The van der Waals surface area contributed by atoms with E-state index in [1.807, 2.05) is 13.8 Å². The van der Waals surface area contributed by atoms with Crippen molar-refractivity contribution in [2.24, 2.45) is 0 Å². The summed E-state index contributed by atoms with van der Waals surface area (Å²) in [7, 11) is 1.69. The summed E-state index contributed by atoms with van der Waals surface area (Å²) < 4.78 is 6.12. The second-order valence-electron chi connectivity index (χ2n) is 11.0. The van der Waals surface area contributed by atoms with Crippen LogP contribution >= 0.6 is 27.5 Å². The van der Waals surface area contributed by atoms with Crippen LogP contribution in [0.5, 0.6) is 0 Å². The Morgan fingerprint density at radius 1 is 1.07 bits per heavy atom. The normalized spacial score (nSPS) is 21.1. The van der Waals surface area contributed by atoms with Gasteiger partial charge in [0.2, 0.25) is 5.91 Å². The smallest absolute Gasteiger partial charge is 0.294 e. The molecule has 4 atom stereocenters. The van der Waals surface area contributed by atoms with Gasteiger partial charge >= 0.3 is 0 Å². The monoisotopic (exact) mass is 715 g/mol. The molecule has 2 aromatic heterocycles. The molecule has 2 aliphatic heterocycles. The number of nitro groups is 1. The number of pyridine rings is 1. The zero-order chi connectivity index (χ0) is 33.1. The number of likely N-dealkylation sites (tertiary alicyclic amines) is 1. The minimum absolute atomic E-state index is 0.00937. The number of benzene rings is 1. The van der Waals surface area contributed by atoms with Crippen LogP contribution < -0.4 is 16.0 Å². The van der Waals surface area contributed by atoms with Gasteiger partial charge in [0.05, 0.1) is 33.9 Å². The van der Waals surface area contributed by atoms with Gasteiger partial charge in [0, 0.05) is 61.7 Å². The van der Waals surface area contributed by atoms with Crippen LogP contribution in [0.1, 0.15) is 41.0 Å². The molecule has 5 rings (SSSR count). The number of nitro benzene ring substituents is 1. The quantitative estimate of drug-likeness (QED) is 0.175. The van der Waals surface area contributed by atoms with Gasteiger partial charge in [0.25, 0.3) is 17.5 Å². The van der Waals surface area contributed by atoms with Crippen molar-refractivity contribution in [3.8, 4) is 0 Å². The van der Waals surface area contributed by atoms with Crippen LogP contribution in [0.3, 0.4) is 0 Å². The number of hydrogen-bond acceptors (Lipinski definition) is 11. The largest absolute Gasteiger partial charge is 0.387 e. The van der Waals surface area contributed by atoms with Crippen molar-refractivity contribution < 1.29 is 24.0 Å². The SMILES string of the molecule is CNc1cncc(C(=O)N2C[C@H](Nc3c(C(=O)N4C[C@@H](C)O[C@@H](C)C4)cc(Br)cc3[N+](=O)[O-])C[C@H]2C(=O)Nc2cc(Cl)ncn2)c1. The van der Waals surface area contributed by atoms with Crippen molar-refractivity contribution in [3.05, 3.63) is 73.9 Å². The number of amides is 3. The lowest BCUT2D eigenvalue weighted by molar-refractivity contribution is -0.384. The summed E-state index contributed by atoms with van der Waals surface area (Å²) in [6.45, 7) is 4.31. The average molecular weight is 717 g/mol. The molecule has 0 saturated carbocycles. The van der Waals surface area contributed by atoms with Gasteiger partial charge in [-0.05, 0) is 32.4 Å². The fourth-order valence-electron chi connectivity index (χ4n) is 5.66. The number of nitrogens with one attached hydrogen (secondary N) is 3. The Kier molecular flexibility index (Phi) is 9.98. The molecule has 1 aromatic carbocycles. The number of ether oxygens (including phenoxy) is 1. The van der Waals surface area contributed by atoms with E-state index >= 15 is 0 Å². The van der Waals surface area contributed by atoms with Crippen LogP contribution in [-0.4, -0.2) is 98.4 Å². The maximum absolute atomic E-state index is 13.9. The molecule has 4 heterocycles. The van der Waals surface area contributed by atoms with Gasteiger partial charge in [-0.3, -0.25) is 29.5 Å². The van der Waals surface area contributed by atoms with Crippen molar-refractivity contribution in [3.63, 3.8) is 0 Å². The van der Waals surface area contributed by atoms with Gasteiger partial charge in [0.15, 0.2) is 0 Å². The fraction of sp³-hybridized carbons (Fsp3) is 0.379. The number of hydrogen-bond donors (Lipinski definition) is 3. The van der Waals surface area contributed by atoms with Crippen molar-refractivity contribution in [1.29, 1.82) is 0 Å². The summed E-state index contributed by atoms with van der Waals surface area (Å²) in [6.07, 6.45) is 3.75. The van der Waals surface area contributed by atoms with E-state index in [0.717, 1.165) is 0 Å². The number of aromatic nitrogens is 3. The predicted octanol–water partition coefficient (Wildman–Crippen LogP) is 3.82. The molecule has 2 aliphatic rings. The average Bonchev–Trinajstić information content (AvgIpc) is 3.44. The summed E-state index contributed by atoms with van der Waals surface area (Å²) in [4.78, 5) is 67.9. The molecule has 3 amide bonds. The minimum atomic E-state index is -1.02. The van der Waals surface area contributed by atoms with Gasteiger partial charge in [-0.1, -0.05) is 27.5 Å². The third-order valence-corrected chi connectivity index (χ3v) is 8.25. The third kappa shape index (κ3) is 7.35. The highest BCUT2D eigenvalue weighted by Gasteiger charge is 2.42. The fourth-order valence-corrected chi connectivity index (χ4v) is 6.25. The summed E-state index contributed by atoms with van der Waals surface area (Å²) in [6, 6.07) is 4.12. The minimum Gasteiger partial charge on any atom is -0.387 e. The van der Waals surface area contributed by atoms with Gasteiger partial charge in [-0.15, -0.1) is 0 Å². The first-order valence-electron chi connectivity index (χ1n) is 14.3. The van der Waals surface area contributed by atoms with Crippen molar-refractivity contribution in [2.45, 2.75) is 44.6 Å². The summed E-state index contributed by atoms with van der Waals surface area (Å²) >= 11 is 9.28. The molecule has 0 spiro atoms. The number of halogens is 2. The van der Waals surface area contributed by atoms with Crippen LogP contribution in [0, 0.1) is 10.1 Å². The molecule has 15 nitrogen and oxygen atoms in total. The van der Waals surface area contributed by atoms with E-state index in [9.17, 15) is 24.5 Å². The maximum atomic E-state index is 13.9. The highest BCUT2D eigenvalue weighted by atomic mass is 79.9. The lowest BCUT2D eigenvalue weighted by Gasteiger charge is -2.35. The van der Waals surface area contributed by atoms with Crippen LogP contribution in [0.2, 0.25) is 5.15 Å². The van der Waals surface area contributed by atoms with Crippen LogP contribution in [0.4, 0.5) is 22.9 Å². The molecular weight excluding hydrogens is 686 g/mol. The molecule has 2 fully saturated rings. The van der Waals surface area contributed by atoms with E-state index in [2.05, 4.69) is 46.8 Å². The predicted molar refractivity (Wildman–Crippen MR) is 173 cm³/mol. The number of morpholine rings is 1. The number of anilines is 3. The Bertz CT molecular complexity index is 1670. The first-order valence-corrected chi connectivity index (χ1v) is 15.5. The molecule has 46 heavy (non-hydrogen) atoms. The number of carbonyl (C=O) groups excluding carboxylic acids is 3.